The van der Waals surface area contributed by atoms with Crippen LogP contribution >= 0.6 is 0 Å². The van der Waals surface area contributed by atoms with Crippen LogP contribution in [0.15, 0.2) is 52.3 Å². The van der Waals surface area contributed by atoms with E-state index < -0.39 is 0 Å². The van der Waals surface area contributed by atoms with Crippen molar-refractivity contribution in [3.63, 3.8) is 0 Å². The van der Waals surface area contributed by atoms with Crippen LogP contribution in [-0.2, 0) is 0 Å². The van der Waals surface area contributed by atoms with Crippen molar-refractivity contribution in [2.75, 3.05) is 0 Å². The third kappa shape index (κ3) is 2.54. The van der Waals surface area contributed by atoms with Crippen LogP contribution in [0, 0.1) is 32.1 Å². The topological polar surface area (TPSA) is 73.4 Å². The Kier molecular flexibility index (Phi) is 3.89. The van der Waals surface area contributed by atoms with Crippen molar-refractivity contribution in [1.82, 2.24) is 9.38 Å². The van der Waals surface area contributed by atoms with Gasteiger partial charge in [0.15, 0.2) is 0 Å². The SMILES string of the molecule is Cc1cccc(C)c1N=Cc1c(C)c(C#N)c2[nH]c3ccccc3n2c1=O. The molecule has 0 aliphatic carbocycles. The minimum absolute atomic E-state index is 0.186. The van der Waals surface area contributed by atoms with Gasteiger partial charge in [0.2, 0.25) is 0 Å². The number of aryl methyl sites for hydroxylation is 2. The van der Waals surface area contributed by atoms with Crippen LogP contribution in [0.2, 0.25) is 0 Å². The molecule has 2 aromatic carbocycles. The molecule has 0 unspecified atom stereocenters. The lowest BCUT2D eigenvalue weighted by molar-refractivity contribution is 1.12. The minimum Gasteiger partial charge on any atom is -0.338 e. The molecule has 0 spiro atoms. The van der Waals surface area contributed by atoms with Crippen molar-refractivity contribution in [3.8, 4) is 6.07 Å². The van der Waals surface area contributed by atoms with Gasteiger partial charge in [-0.3, -0.25) is 14.2 Å². The Morgan fingerprint density at radius 1 is 1.07 bits per heavy atom. The molecule has 0 radical (unpaired) electrons. The zero-order valence-electron chi connectivity index (χ0n) is 15.4. The summed E-state index contributed by atoms with van der Waals surface area (Å²) in [6, 6.07) is 15.7. The lowest BCUT2D eigenvalue weighted by Crippen LogP contribution is -2.20. The highest BCUT2D eigenvalue weighted by atomic mass is 16.1. The molecular formula is C22H18N4O. The third-order valence-corrected chi connectivity index (χ3v) is 4.94. The highest BCUT2D eigenvalue weighted by Crippen LogP contribution is 2.24. The summed E-state index contributed by atoms with van der Waals surface area (Å²) in [6.45, 7) is 5.77. The van der Waals surface area contributed by atoms with E-state index in [0.29, 0.717) is 22.3 Å². The first kappa shape index (κ1) is 16.8. The number of rotatable bonds is 2. The summed E-state index contributed by atoms with van der Waals surface area (Å²) in [5.74, 6) is 0. The maximum Gasteiger partial charge on any atom is 0.265 e. The van der Waals surface area contributed by atoms with Crippen LogP contribution in [0.3, 0.4) is 0 Å². The fourth-order valence-electron chi connectivity index (χ4n) is 3.48. The van der Waals surface area contributed by atoms with Gasteiger partial charge in [0.25, 0.3) is 5.56 Å². The number of pyridine rings is 1. The molecule has 0 aliphatic rings. The minimum atomic E-state index is -0.186. The molecule has 4 aromatic rings. The van der Waals surface area contributed by atoms with Crippen molar-refractivity contribution in [2.45, 2.75) is 20.8 Å². The maximum absolute atomic E-state index is 13.2. The quantitative estimate of drug-likeness (QED) is 0.544. The van der Waals surface area contributed by atoms with Gasteiger partial charge >= 0.3 is 0 Å². The summed E-state index contributed by atoms with van der Waals surface area (Å²) in [6.07, 6.45) is 1.59. The summed E-state index contributed by atoms with van der Waals surface area (Å²) in [5.41, 5.74) is 6.33. The number of hydrogen-bond donors (Lipinski definition) is 1. The molecule has 2 aromatic heterocycles. The number of nitriles is 1. The predicted octanol–water partition coefficient (Wildman–Crippen LogP) is 4.33. The number of nitrogens with one attached hydrogen (secondary N) is 1. The maximum atomic E-state index is 13.2. The molecule has 0 fully saturated rings. The molecule has 4 rings (SSSR count). The summed E-state index contributed by atoms with van der Waals surface area (Å²) >= 11 is 0. The van der Waals surface area contributed by atoms with Crippen molar-refractivity contribution in [3.05, 3.63) is 80.6 Å². The van der Waals surface area contributed by atoms with Gasteiger partial charge < -0.3 is 4.98 Å². The molecule has 5 heteroatoms. The van der Waals surface area contributed by atoms with E-state index in [1.165, 1.54) is 0 Å². The van der Waals surface area contributed by atoms with Crippen LogP contribution in [0.25, 0.3) is 16.7 Å². The number of hydrogen-bond acceptors (Lipinski definition) is 3. The van der Waals surface area contributed by atoms with Crippen molar-refractivity contribution in [2.24, 2.45) is 4.99 Å². The first-order valence-electron chi connectivity index (χ1n) is 8.69. The van der Waals surface area contributed by atoms with Crippen molar-refractivity contribution >= 4 is 28.6 Å². The standard InChI is InChI=1S/C22H18N4O/c1-13-7-6-8-14(2)20(13)24-12-17-15(3)16(11-23)21-25-18-9-4-5-10-19(18)26(21)22(17)27/h4-10,12,25H,1-3H3. The fraction of sp³-hybridized carbons (Fsp3) is 0.136. The Hall–Kier alpha value is -3.65. The van der Waals surface area contributed by atoms with E-state index >= 15 is 0 Å². The molecule has 0 atom stereocenters. The molecule has 27 heavy (non-hydrogen) atoms. The molecule has 0 amide bonds. The van der Waals surface area contributed by atoms with E-state index in [4.69, 9.17) is 0 Å². The molecular weight excluding hydrogens is 336 g/mol. The monoisotopic (exact) mass is 354 g/mol. The zero-order chi connectivity index (χ0) is 19.1. The highest BCUT2D eigenvalue weighted by molar-refractivity contribution is 5.89. The third-order valence-electron chi connectivity index (χ3n) is 4.94. The molecule has 0 saturated carbocycles. The van der Waals surface area contributed by atoms with E-state index in [2.05, 4.69) is 16.0 Å². The van der Waals surface area contributed by atoms with Gasteiger partial charge in [-0.1, -0.05) is 30.3 Å². The summed E-state index contributed by atoms with van der Waals surface area (Å²) in [5, 5.41) is 9.70. The second kappa shape index (κ2) is 6.26. The van der Waals surface area contributed by atoms with E-state index in [0.717, 1.165) is 27.8 Å². The first-order valence-corrected chi connectivity index (χ1v) is 8.69. The summed E-state index contributed by atoms with van der Waals surface area (Å²) < 4.78 is 1.56. The smallest absolute Gasteiger partial charge is 0.265 e. The van der Waals surface area contributed by atoms with Gasteiger partial charge in [0, 0.05) is 6.21 Å². The molecule has 1 N–H and O–H groups in total. The van der Waals surface area contributed by atoms with Gasteiger partial charge in [0.05, 0.1) is 27.8 Å². The van der Waals surface area contributed by atoms with Crippen molar-refractivity contribution in [1.29, 1.82) is 5.26 Å². The number of H-pyrrole nitrogens is 1. The number of nitrogens with zero attached hydrogens (tertiary/aromatic N) is 3. The van der Waals surface area contributed by atoms with E-state index in [1.54, 1.807) is 17.5 Å². The Labute approximate surface area is 156 Å². The van der Waals surface area contributed by atoms with E-state index in [9.17, 15) is 10.1 Å². The van der Waals surface area contributed by atoms with Crippen LogP contribution in [0.5, 0.6) is 0 Å². The zero-order valence-corrected chi connectivity index (χ0v) is 15.4. The second-order valence-electron chi connectivity index (χ2n) is 6.66. The molecule has 0 bridgehead atoms. The van der Waals surface area contributed by atoms with E-state index in [1.807, 2.05) is 56.3 Å². The summed E-state index contributed by atoms with van der Waals surface area (Å²) in [4.78, 5) is 21.0. The number of aromatic amines is 1. The van der Waals surface area contributed by atoms with Crippen LogP contribution in [-0.4, -0.2) is 15.6 Å². The highest BCUT2D eigenvalue weighted by Gasteiger charge is 2.17. The van der Waals surface area contributed by atoms with Gasteiger partial charge in [0.1, 0.15) is 11.7 Å². The first-order chi connectivity index (χ1) is 13.0. The number of para-hydroxylation sites is 3. The lowest BCUT2D eigenvalue weighted by atomic mass is 10.1. The molecule has 5 nitrogen and oxygen atoms in total. The van der Waals surface area contributed by atoms with Gasteiger partial charge in [-0.25, -0.2) is 0 Å². The summed E-state index contributed by atoms with van der Waals surface area (Å²) in [7, 11) is 0. The number of aromatic nitrogens is 2. The Morgan fingerprint density at radius 3 is 2.48 bits per heavy atom. The second-order valence-corrected chi connectivity index (χ2v) is 6.66. The van der Waals surface area contributed by atoms with Gasteiger partial charge in [-0.15, -0.1) is 0 Å². The molecule has 2 heterocycles. The Balaban J connectivity index is 2.04. The molecule has 0 aliphatic heterocycles. The number of imidazole rings is 1. The van der Waals surface area contributed by atoms with Crippen LogP contribution in [0.1, 0.15) is 27.8 Å². The van der Waals surface area contributed by atoms with Crippen molar-refractivity contribution < 1.29 is 0 Å². The largest absolute Gasteiger partial charge is 0.338 e. The van der Waals surface area contributed by atoms with Gasteiger partial charge in [-0.05, 0) is 49.6 Å². The lowest BCUT2D eigenvalue weighted by Gasteiger charge is -2.07. The van der Waals surface area contributed by atoms with Gasteiger partial charge in [-0.2, -0.15) is 5.26 Å². The normalized spacial score (nSPS) is 11.5. The van der Waals surface area contributed by atoms with E-state index in [-0.39, 0.29) is 5.56 Å². The average molecular weight is 354 g/mol. The number of aliphatic imine (C=N–C) groups is 1. The van der Waals surface area contributed by atoms with Crippen LogP contribution in [0.4, 0.5) is 5.69 Å². The predicted molar refractivity (Wildman–Crippen MR) is 108 cm³/mol. The number of benzene rings is 2. The molecule has 0 saturated heterocycles. The molecule has 132 valence electrons. The number of fused-ring (bicyclic) bond motifs is 3. The average Bonchev–Trinajstić information content (AvgIpc) is 3.03. The Bertz CT molecular complexity index is 1310. The Morgan fingerprint density at radius 2 is 1.78 bits per heavy atom. The van der Waals surface area contributed by atoms with Crippen LogP contribution < -0.4 is 5.56 Å². The fourth-order valence-corrected chi connectivity index (χ4v) is 3.48.